The molecule has 1 aromatic rings. The highest BCUT2D eigenvalue weighted by Crippen LogP contribution is 2.16. The van der Waals surface area contributed by atoms with Crippen LogP contribution in [0.4, 0.5) is 5.82 Å². The van der Waals surface area contributed by atoms with Gasteiger partial charge < -0.3 is 15.2 Å². The molecule has 96 valence electrons. The fraction of sp³-hybridized carbons (Fsp3) is 0.417. The standard InChI is InChI=1S/C12H14N2O4/c15-11(8-3-5-18-6-4-8)14-10-2-1-9(7-13-10)12(16)17/h1-2,7-8H,3-6H2,(H,16,17)(H,13,14,15). The van der Waals surface area contributed by atoms with E-state index < -0.39 is 5.97 Å². The molecule has 2 N–H and O–H groups in total. The molecule has 2 rings (SSSR count). The van der Waals surface area contributed by atoms with Crippen LogP contribution in [0, 0.1) is 5.92 Å². The Morgan fingerprint density at radius 2 is 2.06 bits per heavy atom. The molecular formula is C12H14N2O4. The quantitative estimate of drug-likeness (QED) is 0.839. The zero-order valence-corrected chi connectivity index (χ0v) is 9.76. The van der Waals surface area contributed by atoms with Crippen LogP contribution in [0.15, 0.2) is 18.3 Å². The molecule has 0 aliphatic carbocycles. The molecule has 0 atom stereocenters. The van der Waals surface area contributed by atoms with Gasteiger partial charge in [-0.2, -0.15) is 0 Å². The third-order valence-electron chi connectivity index (χ3n) is 2.85. The van der Waals surface area contributed by atoms with Gasteiger partial charge in [-0.1, -0.05) is 0 Å². The fourth-order valence-electron chi connectivity index (χ4n) is 1.78. The number of nitrogens with zero attached hydrogens (tertiary/aromatic N) is 1. The van der Waals surface area contributed by atoms with E-state index in [1.807, 2.05) is 0 Å². The largest absolute Gasteiger partial charge is 0.478 e. The van der Waals surface area contributed by atoms with E-state index in [0.29, 0.717) is 31.9 Å². The van der Waals surface area contributed by atoms with E-state index >= 15 is 0 Å². The van der Waals surface area contributed by atoms with E-state index in [-0.39, 0.29) is 17.4 Å². The number of hydrogen-bond donors (Lipinski definition) is 2. The van der Waals surface area contributed by atoms with Crippen molar-refractivity contribution in [3.05, 3.63) is 23.9 Å². The van der Waals surface area contributed by atoms with Crippen molar-refractivity contribution in [3.63, 3.8) is 0 Å². The van der Waals surface area contributed by atoms with Crippen LogP contribution in [0.25, 0.3) is 0 Å². The van der Waals surface area contributed by atoms with Gasteiger partial charge in [0.05, 0.1) is 5.56 Å². The summed E-state index contributed by atoms with van der Waals surface area (Å²) in [5, 5.41) is 11.4. The van der Waals surface area contributed by atoms with Crippen molar-refractivity contribution in [2.75, 3.05) is 18.5 Å². The SMILES string of the molecule is O=C(O)c1ccc(NC(=O)C2CCOCC2)nc1. The van der Waals surface area contributed by atoms with Crippen molar-refractivity contribution in [2.45, 2.75) is 12.8 Å². The molecule has 18 heavy (non-hydrogen) atoms. The Morgan fingerprint density at radius 3 is 2.61 bits per heavy atom. The second-order valence-corrected chi connectivity index (χ2v) is 4.11. The lowest BCUT2D eigenvalue weighted by atomic mass is 9.99. The smallest absolute Gasteiger partial charge is 0.337 e. The summed E-state index contributed by atoms with van der Waals surface area (Å²) in [6.45, 7) is 1.20. The van der Waals surface area contributed by atoms with Crippen LogP contribution in [0.1, 0.15) is 23.2 Å². The number of carbonyl (C=O) groups is 2. The first kappa shape index (κ1) is 12.5. The predicted octanol–water partition coefficient (Wildman–Crippen LogP) is 1.14. The monoisotopic (exact) mass is 250 g/mol. The number of nitrogens with one attached hydrogen (secondary N) is 1. The lowest BCUT2D eigenvalue weighted by Crippen LogP contribution is -2.28. The number of rotatable bonds is 3. The Balaban J connectivity index is 1.96. The van der Waals surface area contributed by atoms with E-state index in [9.17, 15) is 9.59 Å². The van der Waals surface area contributed by atoms with Crippen molar-refractivity contribution in [1.29, 1.82) is 0 Å². The van der Waals surface area contributed by atoms with E-state index in [0.717, 1.165) is 0 Å². The van der Waals surface area contributed by atoms with Crippen molar-refractivity contribution in [2.24, 2.45) is 5.92 Å². The Labute approximate surface area is 104 Å². The molecule has 0 unspecified atom stereocenters. The maximum Gasteiger partial charge on any atom is 0.337 e. The molecule has 0 spiro atoms. The summed E-state index contributed by atoms with van der Waals surface area (Å²) in [5.74, 6) is -0.810. The summed E-state index contributed by atoms with van der Waals surface area (Å²) in [7, 11) is 0. The van der Waals surface area contributed by atoms with Crippen molar-refractivity contribution in [3.8, 4) is 0 Å². The minimum absolute atomic E-state index is 0.0558. The van der Waals surface area contributed by atoms with Gasteiger partial charge in [-0.05, 0) is 25.0 Å². The number of anilines is 1. The topological polar surface area (TPSA) is 88.5 Å². The maximum atomic E-state index is 11.9. The average Bonchev–Trinajstić information content (AvgIpc) is 2.40. The zero-order chi connectivity index (χ0) is 13.0. The van der Waals surface area contributed by atoms with Gasteiger partial charge in [-0.15, -0.1) is 0 Å². The third kappa shape index (κ3) is 3.04. The van der Waals surface area contributed by atoms with Crippen LogP contribution in [0.3, 0.4) is 0 Å². The van der Waals surface area contributed by atoms with Gasteiger partial charge in [-0.25, -0.2) is 9.78 Å². The van der Waals surface area contributed by atoms with Crippen molar-refractivity contribution < 1.29 is 19.4 Å². The molecule has 1 saturated heterocycles. The number of carboxylic acid groups (broad SMARTS) is 1. The first-order valence-electron chi connectivity index (χ1n) is 5.75. The maximum absolute atomic E-state index is 11.9. The molecule has 1 aliphatic rings. The molecule has 6 heteroatoms. The third-order valence-corrected chi connectivity index (χ3v) is 2.85. The fourth-order valence-corrected chi connectivity index (χ4v) is 1.78. The van der Waals surface area contributed by atoms with Gasteiger partial charge in [0.25, 0.3) is 0 Å². The van der Waals surface area contributed by atoms with Gasteiger partial charge in [0, 0.05) is 25.3 Å². The van der Waals surface area contributed by atoms with Crippen LogP contribution >= 0.6 is 0 Å². The predicted molar refractivity (Wildman–Crippen MR) is 63.4 cm³/mol. The molecule has 0 saturated carbocycles. The van der Waals surface area contributed by atoms with E-state index in [1.54, 1.807) is 0 Å². The van der Waals surface area contributed by atoms with Gasteiger partial charge in [0.15, 0.2) is 0 Å². The summed E-state index contributed by atoms with van der Waals surface area (Å²) >= 11 is 0. The summed E-state index contributed by atoms with van der Waals surface area (Å²) in [6, 6.07) is 2.90. The minimum atomic E-state index is -1.04. The molecular weight excluding hydrogens is 236 g/mol. The van der Waals surface area contributed by atoms with E-state index in [2.05, 4.69) is 10.3 Å². The summed E-state index contributed by atoms with van der Waals surface area (Å²) < 4.78 is 5.18. The lowest BCUT2D eigenvalue weighted by molar-refractivity contribution is -0.122. The Kier molecular flexibility index (Phi) is 3.88. The van der Waals surface area contributed by atoms with Crippen LogP contribution in [-0.2, 0) is 9.53 Å². The second-order valence-electron chi connectivity index (χ2n) is 4.11. The highest BCUT2D eigenvalue weighted by molar-refractivity contribution is 5.92. The molecule has 0 aromatic carbocycles. The Bertz CT molecular complexity index is 438. The molecule has 0 bridgehead atoms. The van der Waals surface area contributed by atoms with E-state index in [1.165, 1.54) is 18.3 Å². The second kappa shape index (κ2) is 5.59. The number of amides is 1. The minimum Gasteiger partial charge on any atom is -0.478 e. The zero-order valence-electron chi connectivity index (χ0n) is 9.76. The van der Waals surface area contributed by atoms with E-state index in [4.69, 9.17) is 9.84 Å². The Hall–Kier alpha value is -1.95. The highest BCUT2D eigenvalue weighted by atomic mass is 16.5. The lowest BCUT2D eigenvalue weighted by Gasteiger charge is -2.20. The number of hydrogen-bond acceptors (Lipinski definition) is 4. The van der Waals surface area contributed by atoms with Crippen LogP contribution in [-0.4, -0.2) is 35.2 Å². The van der Waals surface area contributed by atoms with Gasteiger partial charge >= 0.3 is 5.97 Å². The summed E-state index contributed by atoms with van der Waals surface area (Å²) in [5.41, 5.74) is 0.0964. The molecule has 1 aromatic heterocycles. The number of pyridine rings is 1. The van der Waals surface area contributed by atoms with Crippen LogP contribution < -0.4 is 5.32 Å². The normalized spacial score (nSPS) is 16.2. The van der Waals surface area contributed by atoms with Crippen molar-refractivity contribution in [1.82, 2.24) is 4.98 Å². The van der Waals surface area contributed by atoms with Gasteiger partial charge in [0.2, 0.25) is 5.91 Å². The first-order valence-corrected chi connectivity index (χ1v) is 5.75. The molecule has 6 nitrogen and oxygen atoms in total. The van der Waals surface area contributed by atoms with Crippen LogP contribution in [0.2, 0.25) is 0 Å². The molecule has 1 amide bonds. The number of ether oxygens (including phenoxy) is 1. The molecule has 1 aliphatic heterocycles. The van der Waals surface area contributed by atoms with Crippen molar-refractivity contribution >= 4 is 17.7 Å². The Morgan fingerprint density at radius 1 is 1.33 bits per heavy atom. The number of aromatic carboxylic acids is 1. The molecule has 2 heterocycles. The van der Waals surface area contributed by atoms with Gasteiger partial charge in [0.1, 0.15) is 5.82 Å². The first-order chi connectivity index (χ1) is 8.66. The average molecular weight is 250 g/mol. The number of carbonyl (C=O) groups excluding carboxylic acids is 1. The highest BCUT2D eigenvalue weighted by Gasteiger charge is 2.21. The summed E-state index contributed by atoms with van der Waals surface area (Å²) in [6.07, 6.45) is 2.64. The van der Waals surface area contributed by atoms with Crippen LogP contribution in [0.5, 0.6) is 0 Å². The summed E-state index contributed by atoms with van der Waals surface area (Å²) in [4.78, 5) is 26.4. The number of carboxylic acids is 1. The molecule has 1 fully saturated rings. The van der Waals surface area contributed by atoms with Gasteiger partial charge in [-0.3, -0.25) is 4.79 Å². The number of aromatic nitrogens is 1. The molecule has 0 radical (unpaired) electrons.